The summed E-state index contributed by atoms with van der Waals surface area (Å²) in [6, 6.07) is 17.9. The summed E-state index contributed by atoms with van der Waals surface area (Å²) in [5.74, 6) is 2.06. The van der Waals surface area contributed by atoms with Crippen molar-refractivity contribution < 1.29 is 4.74 Å². The average Bonchev–Trinajstić information content (AvgIpc) is 3.23. The van der Waals surface area contributed by atoms with Gasteiger partial charge < -0.3 is 15.0 Å². The van der Waals surface area contributed by atoms with Crippen LogP contribution in [-0.2, 0) is 0 Å². The van der Waals surface area contributed by atoms with Crippen LogP contribution in [-0.4, -0.2) is 26.8 Å². The van der Waals surface area contributed by atoms with Crippen molar-refractivity contribution in [3.63, 3.8) is 0 Å². The molecule has 0 unspecified atom stereocenters. The number of para-hydroxylation sites is 1. The van der Waals surface area contributed by atoms with E-state index in [1.807, 2.05) is 49.4 Å². The predicted molar refractivity (Wildman–Crippen MR) is 94.6 cm³/mol. The van der Waals surface area contributed by atoms with Crippen molar-refractivity contribution in [3.8, 4) is 17.3 Å². The van der Waals surface area contributed by atoms with E-state index in [1.165, 1.54) is 0 Å². The second kappa shape index (κ2) is 6.08. The molecule has 0 aliphatic heterocycles. The van der Waals surface area contributed by atoms with Crippen molar-refractivity contribution in [2.24, 2.45) is 0 Å². The molecule has 4 aromatic rings. The largest absolute Gasteiger partial charge is 0.494 e. The quantitative estimate of drug-likeness (QED) is 0.517. The smallest absolute Gasteiger partial charge is 0.246 e. The Balaban J connectivity index is 1.53. The zero-order chi connectivity index (χ0) is 16.4. The van der Waals surface area contributed by atoms with Gasteiger partial charge >= 0.3 is 0 Å². The van der Waals surface area contributed by atoms with Crippen LogP contribution in [0.15, 0.2) is 54.6 Å². The van der Waals surface area contributed by atoms with Crippen LogP contribution in [0.2, 0.25) is 0 Å². The van der Waals surface area contributed by atoms with E-state index in [2.05, 4.69) is 37.6 Å². The van der Waals surface area contributed by atoms with Crippen LogP contribution < -0.4 is 10.1 Å². The molecule has 0 aliphatic carbocycles. The Morgan fingerprint density at radius 3 is 2.71 bits per heavy atom. The predicted octanol–water partition coefficient (Wildman–Crippen LogP) is 4.10. The maximum Gasteiger partial charge on any atom is 0.246 e. The molecule has 6 heteroatoms. The molecule has 2 heterocycles. The third-order valence-corrected chi connectivity index (χ3v) is 3.69. The van der Waals surface area contributed by atoms with Crippen LogP contribution in [0.25, 0.3) is 22.4 Å². The van der Waals surface area contributed by atoms with E-state index < -0.39 is 0 Å². The number of aromatic amines is 2. The number of nitrogens with zero attached hydrogens (tertiary/aromatic N) is 2. The molecule has 24 heavy (non-hydrogen) atoms. The molecule has 0 amide bonds. The van der Waals surface area contributed by atoms with E-state index in [0.717, 1.165) is 28.0 Å². The van der Waals surface area contributed by atoms with Gasteiger partial charge in [-0.15, -0.1) is 5.10 Å². The lowest BCUT2D eigenvalue weighted by atomic mass is 10.2. The number of rotatable bonds is 5. The Morgan fingerprint density at radius 2 is 1.92 bits per heavy atom. The topological polar surface area (TPSA) is 78.6 Å². The first-order valence-corrected chi connectivity index (χ1v) is 7.82. The molecule has 0 bridgehead atoms. The monoisotopic (exact) mass is 319 g/mol. The highest BCUT2D eigenvalue weighted by Gasteiger charge is 2.09. The molecule has 0 radical (unpaired) electrons. The molecule has 2 aromatic carbocycles. The van der Waals surface area contributed by atoms with Crippen LogP contribution in [0.1, 0.15) is 6.92 Å². The molecule has 0 saturated carbocycles. The number of benzene rings is 2. The van der Waals surface area contributed by atoms with Crippen molar-refractivity contribution in [3.05, 3.63) is 54.6 Å². The molecular weight excluding hydrogens is 302 g/mol. The molecule has 4 rings (SSSR count). The fraction of sp³-hybridized carbons (Fsp3) is 0.111. The van der Waals surface area contributed by atoms with Gasteiger partial charge in [0.1, 0.15) is 5.75 Å². The minimum atomic E-state index is 0.521. The Labute approximate surface area is 138 Å². The number of nitrogens with one attached hydrogen (secondary N) is 3. The van der Waals surface area contributed by atoms with Crippen LogP contribution in [0, 0.1) is 0 Å². The van der Waals surface area contributed by atoms with Gasteiger partial charge in [-0.1, -0.05) is 18.2 Å². The molecule has 3 N–H and O–H groups in total. The summed E-state index contributed by atoms with van der Waals surface area (Å²) in [5.41, 5.74) is 2.88. The number of hydrogen-bond acceptors (Lipinski definition) is 4. The van der Waals surface area contributed by atoms with Crippen LogP contribution in [0.4, 0.5) is 11.6 Å². The zero-order valence-electron chi connectivity index (χ0n) is 13.2. The van der Waals surface area contributed by atoms with E-state index in [0.29, 0.717) is 18.4 Å². The Morgan fingerprint density at radius 1 is 1.08 bits per heavy atom. The molecular formula is C18H17N5O. The van der Waals surface area contributed by atoms with Crippen molar-refractivity contribution in [2.45, 2.75) is 6.92 Å². The van der Waals surface area contributed by atoms with Gasteiger partial charge in [0.25, 0.3) is 0 Å². The maximum atomic E-state index is 5.43. The van der Waals surface area contributed by atoms with Gasteiger partial charge in [-0.25, -0.2) is 0 Å². The van der Waals surface area contributed by atoms with E-state index in [-0.39, 0.29) is 0 Å². The zero-order valence-corrected chi connectivity index (χ0v) is 13.2. The summed E-state index contributed by atoms with van der Waals surface area (Å²) in [6.45, 7) is 2.62. The third-order valence-electron chi connectivity index (χ3n) is 3.69. The normalized spacial score (nSPS) is 10.9. The number of H-pyrrole nitrogens is 2. The fourth-order valence-electron chi connectivity index (χ4n) is 2.57. The second-order valence-corrected chi connectivity index (χ2v) is 5.36. The van der Waals surface area contributed by atoms with Crippen molar-refractivity contribution in [2.75, 3.05) is 11.9 Å². The van der Waals surface area contributed by atoms with Crippen LogP contribution in [0.3, 0.4) is 0 Å². The molecule has 2 aromatic heterocycles. The summed E-state index contributed by atoms with van der Waals surface area (Å²) >= 11 is 0. The highest BCUT2D eigenvalue weighted by Crippen LogP contribution is 2.23. The standard InChI is InChI=1S/C18H17N5O/c1-2-24-14-9-7-13(8-10-14)19-18-21-17(22-23-18)16-11-12-5-3-4-6-15(12)20-16/h3-11,20H,2H2,1H3,(H2,19,21,22,23). The van der Waals surface area contributed by atoms with Crippen molar-refractivity contribution in [1.82, 2.24) is 20.2 Å². The van der Waals surface area contributed by atoms with E-state index in [4.69, 9.17) is 4.74 Å². The molecule has 0 fully saturated rings. The van der Waals surface area contributed by atoms with E-state index in [9.17, 15) is 0 Å². The maximum absolute atomic E-state index is 5.43. The first-order valence-electron chi connectivity index (χ1n) is 7.82. The highest BCUT2D eigenvalue weighted by molar-refractivity contribution is 5.84. The fourth-order valence-corrected chi connectivity index (χ4v) is 2.57. The molecule has 120 valence electrons. The molecule has 0 saturated heterocycles. The Bertz CT molecular complexity index is 922. The van der Waals surface area contributed by atoms with Gasteiger partial charge in [-0.3, -0.25) is 5.10 Å². The van der Waals surface area contributed by atoms with Gasteiger partial charge in [0.15, 0.2) is 5.82 Å². The number of anilines is 2. The summed E-state index contributed by atoms with van der Waals surface area (Å²) in [7, 11) is 0. The molecule has 6 nitrogen and oxygen atoms in total. The number of hydrogen-bond donors (Lipinski definition) is 3. The van der Waals surface area contributed by atoms with Crippen LogP contribution in [0.5, 0.6) is 5.75 Å². The van der Waals surface area contributed by atoms with Gasteiger partial charge in [-0.05, 0) is 43.3 Å². The van der Waals surface area contributed by atoms with Gasteiger partial charge in [0.05, 0.1) is 12.3 Å². The number of aromatic nitrogens is 4. The van der Waals surface area contributed by atoms with Gasteiger partial charge in [0, 0.05) is 16.6 Å². The van der Waals surface area contributed by atoms with Crippen molar-refractivity contribution in [1.29, 1.82) is 0 Å². The summed E-state index contributed by atoms with van der Waals surface area (Å²) < 4.78 is 5.43. The highest BCUT2D eigenvalue weighted by atomic mass is 16.5. The lowest BCUT2D eigenvalue weighted by molar-refractivity contribution is 0.340. The van der Waals surface area contributed by atoms with Crippen LogP contribution >= 0.6 is 0 Å². The summed E-state index contributed by atoms with van der Waals surface area (Å²) in [5, 5.41) is 11.5. The number of ether oxygens (including phenoxy) is 1. The van der Waals surface area contributed by atoms with E-state index >= 15 is 0 Å². The summed E-state index contributed by atoms with van der Waals surface area (Å²) in [6.07, 6.45) is 0. The first kappa shape index (κ1) is 14.3. The minimum absolute atomic E-state index is 0.521. The third kappa shape index (κ3) is 2.81. The van der Waals surface area contributed by atoms with Crippen molar-refractivity contribution >= 4 is 22.5 Å². The first-order chi connectivity index (χ1) is 11.8. The summed E-state index contributed by atoms with van der Waals surface area (Å²) in [4.78, 5) is 7.82. The molecule has 0 spiro atoms. The van der Waals surface area contributed by atoms with Gasteiger partial charge in [0.2, 0.25) is 5.95 Å². The lowest BCUT2D eigenvalue weighted by Gasteiger charge is -2.04. The average molecular weight is 319 g/mol. The van der Waals surface area contributed by atoms with E-state index in [1.54, 1.807) is 0 Å². The SMILES string of the molecule is CCOc1ccc(Nc2n[nH]c(-c3cc4ccccc4[nH]3)n2)cc1. The minimum Gasteiger partial charge on any atom is -0.494 e. The number of fused-ring (bicyclic) bond motifs is 1. The van der Waals surface area contributed by atoms with Gasteiger partial charge in [-0.2, -0.15) is 4.98 Å². The second-order valence-electron chi connectivity index (χ2n) is 5.36. The Kier molecular flexibility index (Phi) is 3.63. The molecule has 0 atom stereocenters. The lowest BCUT2D eigenvalue weighted by Crippen LogP contribution is -1.94. The molecule has 0 aliphatic rings. The Hall–Kier alpha value is -3.28.